The van der Waals surface area contributed by atoms with E-state index >= 15 is 0 Å². The van der Waals surface area contributed by atoms with E-state index in [0.29, 0.717) is 41.4 Å². The average Bonchev–Trinajstić information content (AvgIpc) is 3.63. The molecular formula is C30H27N3O4. The fourth-order valence-corrected chi connectivity index (χ4v) is 7.65. The number of benzene rings is 3. The predicted molar refractivity (Wildman–Crippen MR) is 139 cm³/mol. The Morgan fingerprint density at radius 3 is 2.35 bits per heavy atom. The lowest BCUT2D eigenvalue weighted by molar-refractivity contribution is -0.137. The third-order valence-corrected chi connectivity index (χ3v) is 8.74. The van der Waals surface area contributed by atoms with E-state index in [4.69, 9.17) is 4.74 Å². The normalized spacial score (nSPS) is 29.2. The van der Waals surface area contributed by atoms with Gasteiger partial charge in [0.05, 0.1) is 18.1 Å². The maximum absolute atomic E-state index is 14.7. The molecule has 4 heterocycles. The number of fused-ring (bicyclic) bond motifs is 7. The zero-order valence-electron chi connectivity index (χ0n) is 20.5. The van der Waals surface area contributed by atoms with Gasteiger partial charge >= 0.3 is 0 Å². The maximum Gasteiger partial charge on any atom is 0.251 e. The largest absolute Gasteiger partial charge is 0.493 e. The molecule has 4 aliphatic rings. The van der Waals surface area contributed by atoms with E-state index in [0.717, 1.165) is 18.4 Å². The molecule has 3 aromatic carbocycles. The topological polar surface area (TPSA) is 87.7 Å². The zero-order chi connectivity index (χ0) is 25.4. The summed E-state index contributed by atoms with van der Waals surface area (Å²) >= 11 is 0. The van der Waals surface area contributed by atoms with Crippen LogP contribution in [0.1, 0.15) is 41.3 Å². The van der Waals surface area contributed by atoms with E-state index in [1.54, 1.807) is 12.1 Å². The highest BCUT2D eigenvalue weighted by molar-refractivity contribution is 6.21. The van der Waals surface area contributed by atoms with Crippen molar-refractivity contribution in [1.29, 1.82) is 0 Å². The highest BCUT2D eigenvalue weighted by Gasteiger charge is 2.81. The number of amides is 2. The van der Waals surface area contributed by atoms with Crippen molar-refractivity contribution in [2.24, 2.45) is 5.92 Å². The molecule has 4 atom stereocenters. The number of ketones is 1. The quantitative estimate of drug-likeness (QED) is 0.535. The molecule has 7 heteroatoms. The lowest BCUT2D eigenvalue weighted by Crippen LogP contribution is -2.62. The molecule has 4 aliphatic heterocycles. The van der Waals surface area contributed by atoms with Gasteiger partial charge in [0.2, 0.25) is 5.91 Å². The van der Waals surface area contributed by atoms with Crippen LogP contribution >= 0.6 is 0 Å². The van der Waals surface area contributed by atoms with Crippen LogP contribution in [-0.4, -0.2) is 41.7 Å². The Morgan fingerprint density at radius 1 is 0.919 bits per heavy atom. The Balaban J connectivity index is 1.57. The first-order valence-corrected chi connectivity index (χ1v) is 12.9. The second-order valence-electron chi connectivity index (χ2n) is 10.2. The van der Waals surface area contributed by atoms with Gasteiger partial charge in [0.1, 0.15) is 16.7 Å². The van der Waals surface area contributed by atoms with Crippen molar-refractivity contribution in [3.05, 3.63) is 89.5 Å². The van der Waals surface area contributed by atoms with Crippen molar-refractivity contribution < 1.29 is 19.1 Å². The van der Waals surface area contributed by atoms with Gasteiger partial charge in [-0.3, -0.25) is 19.3 Å². The first-order valence-electron chi connectivity index (χ1n) is 12.9. The summed E-state index contributed by atoms with van der Waals surface area (Å²) in [6.45, 7) is 2.92. The first-order chi connectivity index (χ1) is 18.1. The van der Waals surface area contributed by atoms with Crippen LogP contribution < -0.4 is 15.4 Å². The molecule has 2 fully saturated rings. The number of hydrogen-bond acceptors (Lipinski definition) is 5. The molecule has 7 nitrogen and oxygen atoms in total. The third kappa shape index (κ3) is 2.52. The van der Waals surface area contributed by atoms with Gasteiger partial charge in [0.25, 0.3) is 5.91 Å². The molecule has 0 saturated carbocycles. The van der Waals surface area contributed by atoms with Crippen molar-refractivity contribution in [2.75, 3.05) is 23.8 Å². The van der Waals surface area contributed by atoms with Crippen LogP contribution in [0, 0.1) is 5.92 Å². The van der Waals surface area contributed by atoms with Crippen molar-refractivity contribution in [3.63, 3.8) is 0 Å². The van der Waals surface area contributed by atoms with Gasteiger partial charge in [0.15, 0.2) is 5.78 Å². The standard InChI is InChI=1S/C30H27N3O4/c1-2-37-24-16-8-3-10-18(24)26(34)25-23-15-9-17-33(23)30(20-12-5-7-14-22(20)32-28(30)36)29(25)19-11-4-6-13-21(19)31-27(29)35/h3-8,10-14,16,23,25H,2,9,15,17H2,1H3,(H,31,35)(H,32,36)/t23-,25+,29+,30+/m1/s1. The van der Waals surface area contributed by atoms with Crippen molar-refractivity contribution in [2.45, 2.75) is 36.8 Å². The van der Waals surface area contributed by atoms with Gasteiger partial charge in [-0.15, -0.1) is 0 Å². The minimum Gasteiger partial charge on any atom is -0.493 e. The SMILES string of the molecule is CCOc1ccccc1C(=O)[C@@H]1[C@H]2CCCN2[C@@]2(C(=O)Nc3ccccc32)[C@]12C(=O)Nc1ccccc12. The number of nitrogens with zero attached hydrogens (tertiary/aromatic N) is 1. The van der Waals surface area contributed by atoms with Crippen molar-refractivity contribution in [3.8, 4) is 5.75 Å². The van der Waals surface area contributed by atoms with Gasteiger partial charge < -0.3 is 15.4 Å². The van der Waals surface area contributed by atoms with Crippen LogP contribution in [0.5, 0.6) is 5.75 Å². The Morgan fingerprint density at radius 2 is 1.57 bits per heavy atom. The van der Waals surface area contributed by atoms with Crippen LogP contribution in [0.3, 0.4) is 0 Å². The molecule has 7 rings (SSSR count). The molecule has 186 valence electrons. The van der Waals surface area contributed by atoms with E-state index in [2.05, 4.69) is 15.5 Å². The molecule has 0 aromatic heterocycles. The maximum atomic E-state index is 14.7. The molecular weight excluding hydrogens is 466 g/mol. The molecule has 0 bridgehead atoms. The summed E-state index contributed by atoms with van der Waals surface area (Å²) in [6, 6.07) is 22.0. The van der Waals surface area contributed by atoms with E-state index in [9.17, 15) is 14.4 Å². The fourth-order valence-electron chi connectivity index (χ4n) is 7.65. The molecule has 3 aromatic rings. The second-order valence-corrected chi connectivity index (χ2v) is 10.2. The second kappa shape index (κ2) is 7.76. The number of ether oxygens (including phenoxy) is 1. The number of carbonyl (C=O) groups excluding carboxylic acids is 3. The average molecular weight is 494 g/mol. The lowest BCUT2D eigenvalue weighted by atomic mass is 9.57. The van der Waals surface area contributed by atoms with E-state index in [1.165, 1.54) is 0 Å². The van der Waals surface area contributed by atoms with Crippen LogP contribution in [0.25, 0.3) is 0 Å². The van der Waals surface area contributed by atoms with Gasteiger partial charge in [-0.2, -0.15) is 0 Å². The summed E-state index contributed by atoms with van der Waals surface area (Å²) in [5.41, 5.74) is 0.463. The summed E-state index contributed by atoms with van der Waals surface area (Å²) in [7, 11) is 0. The minimum atomic E-state index is -1.44. The molecule has 2 spiro atoms. The highest BCUT2D eigenvalue weighted by atomic mass is 16.5. The summed E-state index contributed by atoms with van der Waals surface area (Å²) in [4.78, 5) is 45.7. The van der Waals surface area contributed by atoms with E-state index in [1.807, 2.05) is 67.6 Å². The number of para-hydroxylation sites is 3. The zero-order valence-corrected chi connectivity index (χ0v) is 20.5. The number of hydrogen-bond donors (Lipinski definition) is 2. The van der Waals surface area contributed by atoms with Gasteiger partial charge in [-0.1, -0.05) is 48.5 Å². The van der Waals surface area contributed by atoms with Crippen molar-refractivity contribution in [1.82, 2.24) is 4.90 Å². The van der Waals surface area contributed by atoms with Crippen LogP contribution in [0.4, 0.5) is 11.4 Å². The number of carbonyl (C=O) groups is 3. The Kier molecular flexibility index (Phi) is 4.67. The summed E-state index contributed by atoms with van der Waals surface area (Å²) in [6.07, 6.45) is 1.57. The summed E-state index contributed by atoms with van der Waals surface area (Å²) in [5.74, 6) is -0.999. The molecule has 2 N–H and O–H groups in total. The fraction of sp³-hybridized carbons (Fsp3) is 0.300. The van der Waals surface area contributed by atoms with E-state index in [-0.39, 0.29) is 23.6 Å². The highest BCUT2D eigenvalue weighted by Crippen LogP contribution is 2.67. The number of rotatable bonds is 4. The van der Waals surface area contributed by atoms with Crippen LogP contribution in [0.2, 0.25) is 0 Å². The molecule has 0 aliphatic carbocycles. The Labute approximate surface area is 214 Å². The minimum absolute atomic E-state index is 0.165. The van der Waals surface area contributed by atoms with Gasteiger partial charge in [-0.05, 0) is 56.1 Å². The Bertz CT molecular complexity index is 1480. The molecule has 37 heavy (non-hydrogen) atoms. The summed E-state index contributed by atoms with van der Waals surface area (Å²) in [5, 5.41) is 6.15. The molecule has 0 unspecified atom stereocenters. The van der Waals surface area contributed by atoms with Crippen molar-refractivity contribution >= 4 is 29.0 Å². The van der Waals surface area contributed by atoms with E-state index < -0.39 is 16.9 Å². The predicted octanol–water partition coefficient (Wildman–Crippen LogP) is 4.10. The summed E-state index contributed by atoms with van der Waals surface area (Å²) < 4.78 is 5.86. The lowest BCUT2D eigenvalue weighted by Gasteiger charge is -2.43. The van der Waals surface area contributed by atoms with Gasteiger partial charge in [-0.25, -0.2) is 0 Å². The first kappa shape index (κ1) is 22.2. The number of anilines is 2. The molecule has 2 amide bonds. The molecule has 2 saturated heterocycles. The van der Waals surface area contributed by atoms with Crippen LogP contribution in [-0.2, 0) is 20.5 Å². The van der Waals surface area contributed by atoms with Crippen LogP contribution in [0.15, 0.2) is 72.8 Å². The third-order valence-electron chi connectivity index (χ3n) is 8.74. The monoisotopic (exact) mass is 493 g/mol. The smallest absolute Gasteiger partial charge is 0.251 e. The number of Topliss-reactive ketones (excluding diaryl/α,β-unsaturated/α-hetero) is 1. The van der Waals surface area contributed by atoms with Gasteiger partial charge in [0, 0.05) is 23.0 Å². The molecule has 0 radical (unpaired) electrons. The number of nitrogens with one attached hydrogen (secondary N) is 2. The Hall–Kier alpha value is -3.97.